The van der Waals surface area contributed by atoms with E-state index in [0.29, 0.717) is 12.1 Å². The molecule has 2 unspecified atom stereocenters. The summed E-state index contributed by atoms with van der Waals surface area (Å²) in [4.78, 5) is 2.36. The van der Waals surface area contributed by atoms with Crippen LogP contribution in [0.1, 0.15) is 27.7 Å². The molecule has 1 heterocycles. The second kappa shape index (κ2) is 3.69. The van der Waals surface area contributed by atoms with Crippen molar-refractivity contribution in [3.63, 3.8) is 0 Å². The van der Waals surface area contributed by atoms with Crippen LogP contribution in [-0.4, -0.2) is 35.7 Å². The summed E-state index contributed by atoms with van der Waals surface area (Å²) in [5.41, 5.74) is -0.164. The van der Waals surface area contributed by atoms with Crippen molar-refractivity contribution in [2.45, 2.75) is 45.3 Å². The second-order valence-electron chi connectivity index (χ2n) is 4.35. The van der Waals surface area contributed by atoms with Crippen molar-refractivity contribution in [3.05, 3.63) is 0 Å². The highest BCUT2D eigenvalue weighted by atomic mass is 16.5. The summed E-state index contributed by atoms with van der Waals surface area (Å²) in [6, 6.07) is 0.824. The lowest BCUT2D eigenvalue weighted by molar-refractivity contribution is -0.0675. The number of terminal acetylenes is 1. The van der Waals surface area contributed by atoms with Crippen LogP contribution in [0.25, 0.3) is 0 Å². The van der Waals surface area contributed by atoms with E-state index < -0.39 is 0 Å². The van der Waals surface area contributed by atoms with Gasteiger partial charge >= 0.3 is 0 Å². The Bertz CT molecular complexity index is 207. The average Bonchev–Trinajstić information content (AvgIpc) is 2.03. The summed E-state index contributed by atoms with van der Waals surface area (Å²) in [7, 11) is 0. The van der Waals surface area contributed by atoms with Crippen LogP contribution < -0.4 is 0 Å². The van der Waals surface area contributed by atoms with Gasteiger partial charge in [0.25, 0.3) is 0 Å². The summed E-state index contributed by atoms with van der Waals surface area (Å²) in [6.07, 6.45) is 5.53. The molecule has 0 radical (unpaired) electrons. The van der Waals surface area contributed by atoms with Crippen molar-refractivity contribution >= 4 is 0 Å². The number of nitrogens with zero attached hydrogens (tertiary/aromatic N) is 1. The first-order chi connectivity index (χ1) is 5.99. The Hall–Kier alpha value is -0.520. The molecule has 0 N–H and O–H groups in total. The van der Waals surface area contributed by atoms with Crippen molar-refractivity contribution in [2.24, 2.45) is 0 Å². The van der Waals surface area contributed by atoms with Crippen LogP contribution in [0.3, 0.4) is 0 Å². The molecule has 0 saturated carbocycles. The number of hydrogen-bond acceptors (Lipinski definition) is 2. The molecule has 0 amide bonds. The van der Waals surface area contributed by atoms with Crippen molar-refractivity contribution in [1.82, 2.24) is 4.90 Å². The van der Waals surface area contributed by atoms with Gasteiger partial charge < -0.3 is 4.74 Å². The first-order valence-corrected chi connectivity index (χ1v) is 4.83. The monoisotopic (exact) mass is 181 g/mol. The van der Waals surface area contributed by atoms with E-state index in [9.17, 15) is 0 Å². The molecule has 2 atom stereocenters. The number of hydrogen-bond donors (Lipinski definition) is 0. The molecule has 1 saturated heterocycles. The average molecular weight is 181 g/mol. The molecule has 2 nitrogen and oxygen atoms in total. The lowest BCUT2D eigenvalue weighted by atomic mass is 9.98. The molecule has 1 fully saturated rings. The predicted octanol–water partition coefficient (Wildman–Crippen LogP) is 1.51. The van der Waals surface area contributed by atoms with Gasteiger partial charge in [-0.2, -0.15) is 0 Å². The molecule has 0 aromatic carbocycles. The summed E-state index contributed by atoms with van der Waals surface area (Å²) in [5.74, 6) is 2.84. The Labute approximate surface area is 81.3 Å². The second-order valence-corrected chi connectivity index (χ2v) is 4.35. The maximum atomic E-state index is 5.53. The van der Waals surface area contributed by atoms with Gasteiger partial charge in [-0.15, -0.1) is 6.42 Å². The maximum Gasteiger partial charge on any atom is 0.0772 e. The topological polar surface area (TPSA) is 12.5 Å². The normalized spacial score (nSPS) is 31.3. The standard InChI is InChI=1S/C11H19NO/c1-6-11(4,5)12-9(2)7-13-8-10(12)3/h1,9-10H,7-8H2,2-5H3. The van der Waals surface area contributed by atoms with Crippen molar-refractivity contribution in [1.29, 1.82) is 0 Å². The van der Waals surface area contributed by atoms with Gasteiger partial charge in [-0.25, -0.2) is 0 Å². The highest BCUT2D eigenvalue weighted by Gasteiger charge is 2.35. The highest BCUT2D eigenvalue weighted by Crippen LogP contribution is 2.23. The fraction of sp³-hybridized carbons (Fsp3) is 0.818. The molecule has 1 aliphatic heterocycles. The molecular formula is C11H19NO. The molecule has 0 aromatic rings. The third-order valence-corrected chi connectivity index (χ3v) is 2.67. The fourth-order valence-electron chi connectivity index (χ4n) is 2.18. The van der Waals surface area contributed by atoms with Crippen LogP contribution in [0, 0.1) is 12.3 Å². The Morgan fingerprint density at radius 1 is 1.31 bits per heavy atom. The van der Waals surface area contributed by atoms with Crippen LogP contribution in [0.2, 0.25) is 0 Å². The number of rotatable bonds is 1. The smallest absolute Gasteiger partial charge is 0.0772 e. The Kier molecular flexibility index (Phi) is 3.00. The third kappa shape index (κ3) is 2.04. The minimum Gasteiger partial charge on any atom is -0.378 e. The van der Waals surface area contributed by atoms with E-state index in [1.807, 2.05) is 0 Å². The van der Waals surface area contributed by atoms with Crippen LogP contribution >= 0.6 is 0 Å². The summed E-state index contributed by atoms with van der Waals surface area (Å²) < 4.78 is 5.45. The van der Waals surface area contributed by atoms with E-state index in [0.717, 1.165) is 13.2 Å². The van der Waals surface area contributed by atoms with Crippen LogP contribution in [0.5, 0.6) is 0 Å². The molecule has 0 spiro atoms. The Balaban J connectivity index is 2.81. The zero-order valence-corrected chi connectivity index (χ0v) is 9.00. The van der Waals surface area contributed by atoms with Gasteiger partial charge in [-0.3, -0.25) is 4.90 Å². The molecule has 1 rings (SSSR count). The van der Waals surface area contributed by atoms with Gasteiger partial charge in [0.2, 0.25) is 0 Å². The lowest BCUT2D eigenvalue weighted by Gasteiger charge is -2.46. The van der Waals surface area contributed by atoms with E-state index in [1.165, 1.54) is 0 Å². The Morgan fingerprint density at radius 3 is 2.15 bits per heavy atom. The van der Waals surface area contributed by atoms with Gasteiger partial charge in [-0.05, 0) is 27.7 Å². The fourth-order valence-corrected chi connectivity index (χ4v) is 2.18. The maximum absolute atomic E-state index is 5.53. The highest BCUT2D eigenvalue weighted by molar-refractivity contribution is 5.11. The van der Waals surface area contributed by atoms with Crippen LogP contribution in [0.15, 0.2) is 0 Å². The van der Waals surface area contributed by atoms with Crippen molar-refractivity contribution < 1.29 is 4.74 Å². The zero-order valence-electron chi connectivity index (χ0n) is 9.00. The van der Waals surface area contributed by atoms with E-state index in [2.05, 4.69) is 38.5 Å². The summed E-state index contributed by atoms with van der Waals surface area (Å²) >= 11 is 0. The van der Waals surface area contributed by atoms with E-state index in [4.69, 9.17) is 11.2 Å². The zero-order chi connectivity index (χ0) is 10.1. The van der Waals surface area contributed by atoms with Gasteiger partial charge in [0.05, 0.1) is 18.8 Å². The van der Waals surface area contributed by atoms with Crippen LogP contribution in [0.4, 0.5) is 0 Å². The first kappa shape index (κ1) is 10.6. The quantitative estimate of drug-likeness (QED) is 0.568. The molecule has 1 aliphatic rings. The van der Waals surface area contributed by atoms with Gasteiger partial charge in [-0.1, -0.05) is 5.92 Å². The van der Waals surface area contributed by atoms with Crippen LogP contribution in [-0.2, 0) is 4.74 Å². The van der Waals surface area contributed by atoms with Crippen molar-refractivity contribution in [3.8, 4) is 12.3 Å². The summed E-state index contributed by atoms with van der Waals surface area (Å²) in [5, 5.41) is 0. The molecular weight excluding hydrogens is 162 g/mol. The molecule has 0 aromatic heterocycles. The SMILES string of the molecule is C#CC(C)(C)N1C(C)COCC1C. The van der Waals surface area contributed by atoms with Gasteiger partial charge in [0.15, 0.2) is 0 Å². The summed E-state index contributed by atoms with van der Waals surface area (Å²) in [6.45, 7) is 10.1. The largest absolute Gasteiger partial charge is 0.378 e. The minimum atomic E-state index is -0.164. The molecule has 74 valence electrons. The lowest BCUT2D eigenvalue weighted by Crippen LogP contribution is -2.58. The molecule has 0 bridgehead atoms. The van der Waals surface area contributed by atoms with E-state index in [1.54, 1.807) is 0 Å². The van der Waals surface area contributed by atoms with Gasteiger partial charge in [0.1, 0.15) is 0 Å². The number of morpholine rings is 1. The molecule has 2 heteroatoms. The third-order valence-electron chi connectivity index (χ3n) is 2.67. The van der Waals surface area contributed by atoms with E-state index >= 15 is 0 Å². The molecule has 13 heavy (non-hydrogen) atoms. The predicted molar refractivity (Wildman–Crippen MR) is 54.5 cm³/mol. The van der Waals surface area contributed by atoms with E-state index in [-0.39, 0.29) is 5.54 Å². The Morgan fingerprint density at radius 2 is 1.77 bits per heavy atom. The van der Waals surface area contributed by atoms with Crippen molar-refractivity contribution in [2.75, 3.05) is 13.2 Å². The minimum absolute atomic E-state index is 0.164. The number of ether oxygens (including phenoxy) is 1. The molecule has 0 aliphatic carbocycles. The van der Waals surface area contributed by atoms with Gasteiger partial charge in [0, 0.05) is 12.1 Å². The first-order valence-electron chi connectivity index (χ1n) is 4.83.